The van der Waals surface area contributed by atoms with Crippen molar-refractivity contribution in [3.05, 3.63) is 83.9 Å². The van der Waals surface area contributed by atoms with Gasteiger partial charge in [0, 0.05) is 59.3 Å². The van der Waals surface area contributed by atoms with Crippen molar-refractivity contribution in [1.29, 1.82) is 0 Å². The summed E-state index contributed by atoms with van der Waals surface area (Å²) in [6.45, 7) is 13.8. The Morgan fingerprint density at radius 2 is 0.992 bits per heavy atom. The number of fused-ring (bicyclic) bond motifs is 4. The molecule has 35 heteroatoms. The first-order valence-electron chi connectivity index (χ1n) is 43.4. The van der Waals surface area contributed by atoms with Crippen LogP contribution >= 0.6 is 11.3 Å². The molecule has 2 aliphatic carbocycles. The van der Waals surface area contributed by atoms with Gasteiger partial charge in [0.05, 0.1) is 90.3 Å². The molecule has 2 saturated heterocycles. The van der Waals surface area contributed by atoms with E-state index in [4.69, 9.17) is 38.4 Å². The number of urea groups is 2. The summed E-state index contributed by atoms with van der Waals surface area (Å²) >= 11 is 1.45. The van der Waals surface area contributed by atoms with Gasteiger partial charge in [0.25, 0.3) is 0 Å². The minimum atomic E-state index is -3.62. The van der Waals surface area contributed by atoms with Crippen LogP contribution in [0, 0.1) is 0 Å². The highest BCUT2D eigenvalue weighted by molar-refractivity contribution is 7.93. The van der Waals surface area contributed by atoms with Gasteiger partial charge in [-0.3, -0.25) is 19.2 Å². The van der Waals surface area contributed by atoms with E-state index < -0.39 is 142 Å². The first-order chi connectivity index (χ1) is 58.9. The third-order valence-corrected chi connectivity index (χ3v) is 30.3. The van der Waals surface area contributed by atoms with Crippen molar-refractivity contribution in [2.75, 3.05) is 58.4 Å². The number of pyridine rings is 2. The second kappa shape index (κ2) is 42.9. The second-order valence-electron chi connectivity index (χ2n) is 35.7. The Hall–Kier alpha value is -9.90. The summed E-state index contributed by atoms with van der Waals surface area (Å²) < 4.78 is 86.1. The molecule has 0 unspecified atom stereocenters. The van der Waals surface area contributed by atoms with Crippen molar-refractivity contribution in [2.24, 2.45) is 0 Å². The first-order valence-corrected chi connectivity index (χ1v) is 47.6. The lowest BCUT2D eigenvalue weighted by molar-refractivity contribution is -0.146. The fourth-order valence-electron chi connectivity index (χ4n) is 16.7. The van der Waals surface area contributed by atoms with Crippen LogP contribution in [0.4, 0.5) is 14.7 Å². The maximum atomic E-state index is 14.9. The van der Waals surface area contributed by atoms with Crippen LogP contribution in [0.3, 0.4) is 0 Å². The van der Waals surface area contributed by atoms with Gasteiger partial charge in [-0.25, -0.2) is 55.8 Å². The SMILES string of the molecule is COC(=O)c1cc(O[C@@H]2C[C@H]3C(=O)N[C@H](C(=O)OC)CCC=CCCCCC[C@H](NC(=O)NC4(CS(=O)(=O)C(C)(C)C)CCCCC4)C(=O)N3C2)c2ccc(OC)cc2n1.COc1ccc2c(O[C@@H]3C[C@H]4C(=O)N[C@H](C(=O)O)CCC=CCCCCC[C@H](NC(=O)NC5(CS(=O)(=O)C(C)(C)C)CCCCC5)C(=O)N4C3)cc(-c3csc(NC(C)C)n3)nc2c1. The van der Waals surface area contributed by atoms with Gasteiger partial charge in [0.1, 0.15) is 77.2 Å². The van der Waals surface area contributed by atoms with E-state index in [1.165, 1.54) is 48.5 Å². The fourth-order valence-corrected chi connectivity index (χ4v) is 20.6. The number of ether oxygens (including phenoxy) is 6. The predicted molar refractivity (Wildman–Crippen MR) is 473 cm³/mol. The third-order valence-electron chi connectivity index (χ3n) is 23.9. The number of aromatic nitrogens is 3. The molecule has 3 aromatic heterocycles. The number of carbonyl (C=O) groups is 9. The van der Waals surface area contributed by atoms with Crippen LogP contribution in [0.25, 0.3) is 33.2 Å². The Morgan fingerprint density at radius 3 is 1.44 bits per heavy atom. The summed E-state index contributed by atoms with van der Waals surface area (Å²) in [6.07, 6.45) is 21.0. The molecule has 8 atom stereocenters. The summed E-state index contributed by atoms with van der Waals surface area (Å²) in [4.78, 5) is 141. The Morgan fingerprint density at radius 1 is 0.548 bits per heavy atom. The molecule has 11 rings (SSSR count). The molecule has 2 aromatic carbocycles. The Bertz CT molecular complexity index is 4920. The van der Waals surface area contributed by atoms with Crippen molar-refractivity contribution in [1.82, 2.24) is 56.7 Å². The average molecular weight is 1780 g/mol. The van der Waals surface area contributed by atoms with E-state index >= 15 is 0 Å². The van der Waals surface area contributed by atoms with Crippen molar-refractivity contribution in [2.45, 2.75) is 297 Å². The zero-order chi connectivity index (χ0) is 89.9. The van der Waals surface area contributed by atoms with E-state index in [1.54, 1.807) is 85.1 Å². The van der Waals surface area contributed by atoms with Gasteiger partial charge in [-0.05, 0) is 170 Å². The van der Waals surface area contributed by atoms with Gasteiger partial charge < -0.3 is 80.5 Å². The molecule has 6 aliphatic rings. The molecule has 124 heavy (non-hydrogen) atoms. The van der Waals surface area contributed by atoms with Crippen LogP contribution in [-0.2, 0) is 57.9 Å². The number of thiazole rings is 1. The lowest BCUT2D eigenvalue weighted by Crippen LogP contribution is -2.61. The second-order valence-corrected chi connectivity index (χ2v) is 42.0. The molecule has 2 saturated carbocycles. The van der Waals surface area contributed by atoms with Crippen LogP contribution < -0.4 is 56.2 Å². The number of aliphatic carboxylic acids is 1. The van der Waals surface area contributed by atoms with E-state index in [1.807, 2.05) is 49.6 Å². The van der Waals surface area contributed by atoms with Crippen molar-refractivity contribution in [3.8, 4) is 34.4 Å². The quantitative estimate of drug-likeness (QED) is 0.0265. The molecule has 4 aliphatic heterocycles. The van der Waals surface area contributed by atoms with Crippen LogP contribution in [0.2, 0.25) is 0 Å². The summed E-state index contributed by atoms with van der Waals surface area (Å²) in [6, 6.07) is 5.98. The molecule has 0 spiro atoms. The van der Waals surface area contributed by atoms with Gasteiger partial charge in [-0.1, -0.05) is 88.5 Å². The largest absolute Gasteiger partial charge is 0.497 e. The highest BCUT2D eigenvalue weighted by atomic mass is 32.2. The fraction of sp³-hybridized carbons (Fsp3) is 0.618. The summed E-state index contributed by atoms with van der Waals surface area (Å²) in [5, 5.41) is 34.6. The van der Waals surface area contributed by atoms with E-state index in [0.717, 1.165) is 82.2 Å². The minimum Gasteiger partial charge on any atom is -0.497 e. The Labute approximate surface area is 731 Å². The van der Waals surface area contributed by atoms with Gasteiger partial charge in [-0.15, -0.1) is 11.3 Å². The average Bonchev–Trinajstić information content (AvgIpc) is 1.54. The number of allylic oxidation sites excluding steroid dienone is 4. The first kappa shape index (κ1) is 96.3. The summed E-state index contributed by atoms with van der Waals surface area (Å²) in [7, 11) is -1.70. The maximum absolute atomic E-state index is 14.9. The number of esters is 2. The van der Waals surface area contributed by atoms with Crippen LogP contribution in [0.15, 0.2) is 78.2 Å². The number of nitrogens with one attached hydrogen (secondary N) is 7. The number of carboxylic acid groups (broad SMARTS) is 1. The van der Waals surface area contributed by atoms with Gasteiger partial charge in [-0.2, -0.15) is 0 Å². The molecular weight excluding hydrogens is 1650 g/mol. The zero-order valence-electron chi connectivity index (χ0n) is 73.6. The molecule has 7 heterocycles. The molecule has 0 bridgehead atoms. The van der Waals surface area contributed by atoms with Crippen molar-refractivity contribution < 1.29 is 93.5 Å². The monoisotopic (exact) mass is 1780 g/mol. The Balaban J connectivity index is 0.000000260. The molecule has 32 nitrogen and oxygen atoms in total. The molecular formula is C89H126N12O20S3. The van der Waals surface area contributed by atoms with Crippen LogP contribution in [0.1, 0.15) is 233 Å². The number of hydrogen-bond donors (Lipinski definition) is 8. The maximum Gasteiger partial charge on any atom is 0.356 e. The zero-order valence-corrected chi connectivity index (χ0v) is 76.0. The summed E-state index contributed by atoms with van der Waals surface area (Å²) in [5.74, 6) is -3.47. The van der Waals surface area contributed by atoms with E-state index in [0.29, 0.717) is 102 Å². The normalized spacial score (nSPS) is 22.9. The van der Waals surface area contributed by atoms with Crippen molar-refractivity contribution in [3.63, 3.8) is 0 Å². The minimum absolute atomic E-state index is 0.00554. The standard InChI is InChI=1S/C46H65N7O9S2.C43H61N5O11S/c1-29(2)47-44-51-37(27-63-44)36-25-39(32-20-19-30(61-6)23-35(32)48-36)62-31-24-38-40(54)49-34(42(56)57)18-14-11-9-7-8-10-13-17-33(41(55)53(38)26-31)50-43(58)52-46(21-15-12-16-22-46)28-64(59,60)45(3,4)5;1-42(2,3)60(54,55)27-43(21-15-12-16-22-43)47-41(53)46-31-17-13-10-8-7-9-11-14-18-32(39(51)57-5)45-37(49)35-24-29(26-48(35)38(31)50)59-36-25-34(40(52)58-6)44-33-23-28(56-4)19-20-30(33)36/h9,11,19-20,23,25,27,29,31,33-34,38H,7-8,10,12-18,21-22,24,26,28H2,1-6H3,(H,47,51)(H,49,54)(H,56,57)(H2,50,52,58);9,11,19-20,23,25,29,31-32,35H,7-8,10,12-18,21-22,24,26-27H2,1-6H3,(H,45,49)(H2,46,47,53)/t31-,33+,34+,38+;29-,31+,32+,35+/m11/s1. The smallest absolute Gasteiger partial charge is 0.356 e. The topological polar surface area (TPSA) is 427 Å². The number of hydrogen-bond acceptors (Lipinski definition) is 24. The molecule has 4 fully saturated rings. The highest BCUT2D eigenvalue weighted by Crippen LogP contribution is 2.40. The molecule has 8 amide bonds. The summed E-state index contributed by atoms with van der Waals surface area (Å²) in [5.41, 5.74) is 0.0876. The Kier molecular flexibility index (Phi) is 33.3. The molecule has 5 aromatic rings. The molecule has 0 radical (unpaired) electrons. The highest BCUT2D eigenvalue weighted by Gasteiger charge is 2.49. The van der Waals surface area contributed by atoms with Crippen LogP contribution in [-0.4, -0.2) is 228 Å². The number of carbonyl (C=O) groups excluding carboxylic acids is 8. The van der Waals surface area contributed by atoms with Gasteiger partial charge in [0.2, 0.25) is 23.6 Å². The lowest BCUT2D eigenvalue weighted by atomic mass is 9.83. The number of methoxy groups -OCH3 is 4. The molecule has 8 N–H and O–H groups in total. The number of carboxylic acids is 1. The number of amides is 8. The van der Waals surface area contributed by atoms with E-state index in [2.05, 4.69) is 42.2 Å². The molecule has 680 valence electrons. The predicted octanol–water partition coefficient (Wildman–Crippen LogP) is 11.9. The number of nitrogens with zero attached hydrogens (tertiary/aromatic N) is 5. The number of sulfone groups is 2. The third kappa shape index (κ3) is 25.5. The van der Waals surface area contributed by atoms with E-state index in [9.17, 15) is 65.1 Å². The number of anilines is 1. The van der Waals surface area contributed by atoms with E-state index in [-0.39, 0.29) is 80.6 Å². The number of rotatable bonds is 20. The van der Waals surface area contributed by atoms with Gasteiger partial charge >= 0.3 is 30.0 Å². The van der Waals surface area contributed by atoms with Crippen molar-refractivity contribution >= 4 is 112 Å². The number of benzene rings is 2. The lowest BCUT2D eigenvalue weighted by Gasteiger charge is -2.40. The van der Waals surface area contributed by atoms with Crippen LogP contribution in [0.5, 0.6) is 23.0 Å². The van der Waals surface area contributed by atoms with Gasteiger partial charge in [0.15, 0.2) is 30.5 Å².